The van der Waals surface area contributed by atoms with Crippen LogP contribution in [0.4, 0.5) is 34.1 Å². The lowest BCUT2D eigenvalue weighted by atomic mass is 9.83. The van der Waals surface area contributed by atoms with Crippen LogP contribution in [0.25, 0.3) is 109 Å². The Hall–Kier alpha value is -9.32. The third kappa shape index (κ3) is 7.21. The van der Waals surface area contributed by atoms with Gasteiger partial charge in [0.15, 0.2) is 11.2 Å². The lowest BCUT2D eigenvalue weighted by molar-refractivity contribution is 0.591. The summed E-state index contributed by atoms with van der Waals surface area (Å²) in [5.41, 5.74) is 13.5. The molecule has 0 amide bonds. The van der Waals surface area contributed by atoms with E-state index in [2.05, 4.69) is 258 Å². The molecule has 0 unspecified atom stereocenters. The normalized spacial score (nSPS) is 12.5. The van der Waals surface area contributed by atoms with Crippen molar-refractivity contribution in [2.24, 2.45) is 0 Å². The Balaban J connectivity index is 0.906. The second-order valence-corrected chi connectivity index (χ2v) is 23.0. The Morgan fingerprint density at radius 3 is 1.06 bits per heavy atom. The van der Waals surface area contributed by atoms with Gasteiger partial charge in [0.1, 0.15) is 22.3 Å². The molecule has 5 heteroatoms. The molecule has 77 heavy (non-hydrogen) atoms. The molecule has 3 heterocycles. The molecule has 0 fully saturated rings. The van der Waals surface area contributed by atoms with Crippen molar-refractivity contribution >= 4 is 143 Å². The number of benzene rings is 12. The fourth-order valence-corrected chi connectivity index (χ4v) is 12.2. The first-order chi connectivity index (χ1) is 37.4. The van der Waals surface area contributed by atoms with Crippen LogP contribution in [0.1, 0.15) is 52.7 Å². The molecular weight excluding hydrogens is 941 g/mol. The Morgan fingerprint density at radius 2 is 0.636 bits per heavy atom. The molecule has 0 bridgehead atoms. The van der Waals surface area contributed by atoms with Gasteiger partial charge < -0.3 is 23.1 Å². The van der Waals surface area contributed by atoms with Gasteiger partial charge in [0.25, 0.3) is 0 Å². The summed E-state index contributed by atoms with van der Waals surface area (Å²) in [5, 5.41) is 15.8. The van der Waals surface area contributed by atoms with E-state index in [1.54, 1.807) is 0 Å². The Morgan fingerprint density at radius 1 is 0.260 bits per heavy atom. The highest BCUT2D eigenvalue weighted by Gasteiger charge is 2.29. The van der Waals surface area contributed by atoms with E-state index in [0.717, 1.165) is 121 Å². The molecule has 15 rings (SSSR count). The molecule has 12 aromatic carbocycles. The maximum absolute atomic E-state index is 6.96. The van der Waals surface area contributed by atoms with Gasteiger partial charge in [-0.15, -0.1) is 0 Å². The van der Waals surface area contributed by atoms with E-state index in [4.69, 9.17) is 13.3 Å². The van der Waals surface area contributed by atoms with Gasteiger partial charge >= 0.3 is 0 Å². The maximum atomic E-state index is 6.96. The number of hydrogen-bond acceptors (Lipinski definition) is 5. The molecule has 0 aliphatic heterocycles. The van der Waals surface area contributed by atoms with Crippen LogP contribution in [0.5, 0.6) is 0 Å². The van der Waals surface area contributed by atoms with Gasteiger partial charge in [-0.05, 0) is 162 Å². The van der Waals surface area contributed by atoms with Crippen molar-refractivity contribution in [3.8, 4) is 0 Å². The van der Waals surface area contributed by atoms with Crippen molar-refractivity contribution in [1.29, 1.82) is 0 Å². The first kappa shape index (κ1) is 45.1. The van der Waals surface area contributed by atoms with E-state index < -0.39 is 0 Å². The third-order valence-electron chi connectivity index (χ3n) is 15.9. The summed E-state index contributed by atoms with van der Waals surface area (Å²) in [4.78, 5) is 4.81. The third-order valence-corrected chi connectivity index (χ3v) is 15.9. The number of rotatable bonds is 6. The number of para-hydroxylation sites is 4. The smallest absolute Gasteiger partial charge is 0.159 e. The molecule has 15 aromatic rings. The molecular formula is C72H54N2O3. The molecule has 5 nitrogen and oxygen atoms in total. The van der Waals surface area contributed by atoms with E-state index in [1.807, 2.05) is 12.1 Å². The van der Waals surface area contributed by atoms with E-state index in [0.29, 0.717) is 0 Å². The fourth-order valence-electron chi connectivity index (χ4n) is 12.2. The molecule has 3 aromatic heterocycles. The van der Waals surface area contributed by atoms with Crippen LogP contribution in [-0.2, 0) is 10.8 Å². The summed E-state index contributed by atoms with van der Waals surface area (Å²) >= 11 is 0. The molecule has 0 spiro atoms. The van der Waals surface area contributed by atoms with Crippen molar-refractivity contribution in [3.05, 3.63) is 230 Å². The average molecular weight is 995 g/mol. The van der Waals surface area contributed by atoms with E-state index >= 15 is 0 Å². The second kappa shape index (κ2) is 16.6. The van der Waals surface area contributed by atoms with Gasteiger partial charge in [-0.1, -0.05) is 163 Å². The number of fused-ring (bicyclic) bond motifs is 13. The monoisotopic (exact) mass is 994 g/mol. The highest BCUT2D eigenvalue weighted by molar-refractivity contribution is 6.16. The van der Waals surface area contributed by atoms with Crippen molar-refractivity contribution in [1.82, 2.24) is 0 Å². The van der Waals surface area contributed by atoms with Gasteiger partial charge in [-0.3, -0.25) is 0 Å². The Bertz CT molecular complexity index is 4610. The van der Waals surface area contributed by atoms with Crippen LogP contribution >= 0.6 is 0 Å². The summed E-state index contributed by atoms with van der Waals surface area (Å²) in [7, 11) is 0. The summed E-state index contributed by atoms with van der Waals surface area (Å²) in [6.45, 7) is 13.8. The quantitative estimate of drug-likeness (QED) is 0.166. The molecule has 0 radical (unpaired) electrons. The molecule has 0 N–H and O–H groups in total. The number of furan rings is 3. The minimum Gasteiger partial charge on any atom is -0.456 e. The Labute approximate surface area is 445 Å². The van der Waals surface area contributed by atoms with Crippen LogP contribution in [0.3, 0.4) is 0 Å². The Kier molecular flexibility index (Phi) is 9.72. The second-order valence-electron chi connectivity index (χ2n) is 23.0. The molecule has 0 aliphatic carbocycles. The van der Waals surface area contributed by atoms with E-state index in [9.17, 15) is 0 Å². The first-order valence-electron chi connectivity index (χ1n) is 26.7. The van der Waals surface area contributed by atoms with Crippen LogP contribution in [0.2, 0.25) is 0 Å². The molecule has 0 saturated heterocycles. The van der Waals surface area contributed by atoms with Crippen LogP contribution in [-0.4, -0.2) is 0 Å². The average Bonchev–Trinajstić information content (AvgIpc) is 4.22. The topological polar surface area (TPSA) is 45.9 Å². The predicted molar refractivity (Wildman–Crippen MR) is 325 cm³/mol. The summed E-state index contributed by atoms with van der Waals surface area (Å²) in [6, 6.07) is 79.2. The van der Waals surface area contributed by atoms with Crippen molar-refractivity contribution in [2.75, 3.05) is 9.80 Å². The van der Waals surface area contributed by atoms with Crippen LogP contribution in [0, 0.1) is 0 Å². The number of hydrogen-bond donors (Lipinski definition) is 0. The number of nitrogens with zero attached hydrogens (tertiary/aromatic N) is 2. The van der Waals surface area contributed by atoms with E-state index in [-0.39, 0.29) is 10.8 Å². The van der Waals surface area contributed by atoms with Gasteiger partial charge in [-0.2, -0.15) is 0 Å². The molecule has 0 atom stereocenters. The lowest BCUT2D eigenvalue weighted by Gasteiger charge is -2.32. The van der Waals surface area contributed by atoms with Crippen molar-refractivity contribution < 1.29 is 13.3 Å². The largest absolute Gasteiger partial charge is 0.456 e. The zero-order valence-corrected chi connectivity index (χ0v) is 43.9. The summed E-state index contributed by atoms with van der Waals surface area (Å²) in [6.07, 6.45) is 0. The summed E-state index contributed by atoms with van der Waals surface area (Å²) in [5.74, 6) is 0. The van der Waals surface area contributed by atoms with Gasteiger partial charge in [0.05, 0.1) is 22.7 Å². The highest BCUT2D eigenvalue weighted by Crippen LogP contribution is 2.50. The lowest BCUT2D eigenvalue weighted by Crippen LogP contribution is -2.19. The highest BCUT2D eigenvalue weighted by atomic mass is 16.3. The van der Waals surface area contributed by atoms with Gasteiger partial charge in [0.2, 0.25) is 0 Å². The minimum absolute atomic E-state index is 0.173. The van der Waals surface area contributed by atoms with Crippen LogP contribution < -0.4 is 9.80 Å². The van der Waals surface area contributed by atoms with Gasteiger partial charge in [-0.25, -0.2) is 0 Å². The van der Waals surface area contributed by atoms with Crippen molar-refractivity contribution in [3.63, 3.8) is 0 Å². The zero-order chi connectivity index (χ0) is 51.9. The molecule has 0 saturated carbocycles. The molecule has 0 aliphatic rings. The first-order valence-corrected chi connectivity index (χ1v) is 26.7. The standard InChI is InChI=1S/C72H54N2O3/c1-71(2,3)59-37-43-17-7-9-19-45(43)39-63(59)73(61-25-15-23-55-53-21-11-13-27-65(53)76-69(55)61)51-31-29-47-35-57-58-36-48-30-32-52(34-50(48)42-68(58)75-67(57)41-49(47)33-51)74(62-26-16-24-56-54-22-12-14-28-66(54)77-70(56)62)64-40-46-20-10-8-18-44(46)38-60(64)72(4,5)6/h7-42H,1-6H3. The van der Waals surface area contributed by atoms with E-state index in [1.165, 1.54) is 32.7 Å². The molecule has 370 valence electrons. The minimum atomic E-state index is -0.173. The number of anilines is 6. The summed E-state index contributed by atoms with van der Waals surface area (Å²) < 4.78 is 20.5. The fraction of sp³-hybridized carbons (Fsp3) is 0.111. The SMILES string of the molecule is CC(C)(C)c1cc2ccccc2cc1N(c1ccc2cc3c(cc2c1)oc1cc2cc(N(c4cc5ccccc5cc4C(C)(C)C)c4cccc5c4oc4ccccc45)ccc2cc13)c1cccc2c1oc1ccccc12. The zero-order valence-electron chi connectivity index (χ0n) is 43.9. The van der Waals surface area contributed by atoms with Gasteiger partial charge in [0, 0.05) is 43.7 Å². The maximum Gasteiger partial charge on any atom is 0.159 e. The predicted octanol–water partition coefficient (Wildman–Crippen LogP) is 21.5. The van der Waals surface area contributed by atoms with Crippen molar-refractivity contribution in [2.45, 2.75) is 52.4 Å². The van der Waals surface area contributed by atoms with Crippen LogP contribution in [0.15, 0.2) is 232 Å².